The summed E-state index contributed by atoms with van der Waals surface area (Å²) in [6.07, 6.45) is 0. The molecule has 2 rings (SSSR count). The van der Waals surface area contributed by atoms with E-state index in [-0.39, 0.29) is 4.90 Å². The second kappa shape index (κ2) is 6.24. The Hall–Kier alpha value is -1.92. The van der Waals surface area contributed by atoms with E-state index in [0.717, 1.165) is 11.6 Å². The Morgan fingerprint density at radius 2 is 1.76 bits per heavy atom. The van der Waals surface area contributed by atoms with Gasteiger partial charge in [0.05, 0.1) is 4.90 Å². The minimum absolute atomic E-state index is 0.0724. The van der Waals surface area contributed by atoms with Gasteiger partial charge in [0.15, 0.2) is 0 Å². The lowest BCUT2D eigenvalue weighted by molar-refractivity contribution is 0.598. The summed E-state index contributed by atoms with van der Waals surface area (Å²) in [5.74, 6) is -0.456. The first kappa shape index (κ1) is 15.5. The van der Waals surface area contributed by atoms with Crippen molar-refractivity contribution in [2.24, 2.45) is 0 Å². The standard InChI is InChI=1S/C15H17FN2O2S/c1-11-9-13(16)5-8-15(11)21(19,20)18-14-6-3-12(4-7-14)10-17-2/h3-9,17-18H,10H2,1-2H3. The molecule has 6 heteroatoms. The van der Waals surface area contributed by atoms with Gasteiger partial charge >= 0.3 is 0 Å². The van der Waals surface area contributed by atoms with E-state index in [1.807, 2.05) is 19.2 Å². The molecule has 0 aliphatic carbocycles. The van der Waals surface area contributed by atoms with E-state index in [0.29, 0.717) is 17.8 Å². The minimum atomic E-state index is -3.72. The number of rotatable bonds is 5. The molecule has 0 aromatic heterocycles. The van der Waals surface area contributed by atoms with Crippen LogP contribution in [-0.2, 0) is 16.6 Å². The maximum Gasteiger partial charge on any atom is 0.262 e. The van der Waals surface area contributed by atoms with Crippen LogP contribution in [0.1, 0.15) is 11.1 Å². The third-order valence-corrected chi connectivity index (χ3v) is 4.56. The van der Waals surface area contributed by atoms with Gasteiger partial charge in [0.25, 0.3) is 10.0 Å². The fourth-order valence-corrected chi connectivity index (χ4v) is 3.31. The van der Waals surface area contributed by atoms with Crippen LogP contribution in [0.3, 0.4) is 0 Å². The first-order valence-electron chi connectivity index (χ1n) is 6.45. The monoisotopic (exact) mass is 308 g/mol. The Balaban J connectivity index is 2.24. The maximum atomic E-state index is 13.1. The molecule has 2 N–H and O–H groups in total. The van der Waals surface area contributed by atoms with Crippen molar-refractivity contribution < 1.29 is 12.8 Å². The first-order chi connectivity index (χ1) is 9.92. The molecule has 4 nitrogen and oxygen atoms in total. The molecular formula is C15H17FN2O2S. The number of halogens is 1. The van der Waals surface area contributed by atoms with Gasteiger partial charge in [-0.15, -0.1) is 0 Å². The third-order valence-electron chi connectivity index (χ3n) is 3.01. The molecule has 2 aromatic carbocycles. The van der Waals surface area contributed by atoms with Crippen LogP contribution in [0, 0.1) is 12.7 Å². The predicted octanol–water partition coefficient (Wildman–Crippen LogP) is 2.65. The molecule has 0 saturated heterocycles. The summed E-state index contributed by atoms with van der Waals surface area (Å²) >= 11 is 0. The van der Waals surface area contributed by atoms with Crippen LogP contribution >= 0.6 is 0 Å². The van der Waals surface area contributed by atoms with Crippen molar-refractivity contribution >= 4 is 15.7 Å². The summed E-state index contributed by atoms with van der Waals surface area (Å²) in [6, 6.07) is 10.7. The van der Waals surface area contributed by atoms with E-state index in [4.69, 9.17) is 0 Å². The summed E-state index contributed by atoms with van der Waals surface area (Å²) in [4.78, 5) is 0.0724. The number of sulfonamides is 1. The van der Waals surface area contributed by atoms with Gasteiger partial charge in [-0.1, -0.05) is 12.1 Å². The minimum Gasteiger partial charge on any atom is -0.316 e. The van der Waals surface area contributed by atoms with Crippen molar-refractivity contribution in [1.29, 1.82) is 0 Å². The van der Waals surface area contributed by atoms with E-state index in [9.17, 15) is 12.8 Å². The Morgan fingerprint density at radius 3 is 2.33 bits per heavy atom. The SMILES string of the molecule is CNCc1ccc(NS(=O)(=O)c2ccc(F)cc2C)cc1. The number of hydrogen-bond acceptors (Lipinski definition) is 3. The van der Waals surface area contributed by atoms with Crippen LogP contribution < -0.4 is 10.0 Å². The van der Waals surface area contributed by atoms with E-state index < -0.39 is 15.8 Å². The normalized spacial score (nSPS) is 11.4. The number of nitrogens with one attached hydrogen (secondary N) is 2. The van der Waals surface area contributed by atoms with E-state index in [1.54, 1.807) is 19.1 Å². The van der Waals surface area contributed by atoms with Crippen molar-refractivity contribution in [2.75, 3.05) is 11.8 Å². The molecule has 0 saturated carbocycles. The summed E-state index contributed by atoms with van der Waals surface area (Å²) in [6.45, 7) is 2.28. The van der Waals surface area contributed by atoms with Crippen LogP contribution in [-0.4, -0.2) is 15.5 Å². The highest BCUT2D eigenvalue weighted by molar-refractivity contribution is 7.92. The van der Waals surface area contributed by atoms with Gasteiger partial charge in [0.1, 0.15) is 5.82 Å². The molecule has 0 atom stereocenters. The average molecular weight is 308 g/mol. The third kappa shape index (κ3) is 3.80. The zero-order chi connectivity index (χ0) is 15.5. The number of aryl methyl sites for hydroxylation is 1. The predicted molar refractivity (Wildman–Crippen MR) is 81.2 cm³/mol. The first-order valence-corrected chi connectivity index (χ1v) is 7.93. The van der Waals surface area contributed by atoms with Crippen molar-refractivity contribution in [1.82, 2.24) is 5.32 Å². The highest BCUT2D eigenvalue weighted by Crippen LogP contribution is 2.20. The molecule has 0 fully saturated rings. The highest BCUT2D eigenvalue weighted by Gasteiger charge is 2.17. The van der Waals surface area contributed by atoms with Crippen LogP contribution in [0.15, 0.2) is 47.4 Å². The van der Waals surface area contributed by atoms with E-state index >= 15 is 0 Å². The molecule has 0 heterocycles. The number of anilines is 1. The molecule has 0 spiro atoms. The van der Waals surface area contributed by atoms with Crippen molar-refractivity contribution in [3.05, 3.63) is 59.4 Å². The van der Waals surface area contributed by atoms with E-state index in [1.165, 1.54) is 12.1 Å². The largest absolute Gasteiger partial charge is 0.316 e. The van der Waals surface area contributed by atoms with Crippen molar-refractivity contribution in [2.45, 2.75) is 18.4 Å². The second-order valence-corrected chi connectivity index (χ2v) is 6.39. The quantitative estimate of drug-likeness (QED) is 0.893. The molecule has 0 bridgehead atoms. The zero-order valence-electron chi connectivity index (χ0n) is 11.9. The van der Waals surface area contributed by atoms with Crippen molar-refractivity contribution in [3.63, 3.8) is 0 Å². The number of benzene rings is 2. The fourth-order valence-electron chi connectivity index (χ4n) is 2.02. The van der Waals surface area contributed by atoms with Crippen molar-refractivity contribution in [3.8, 4) is 0 Å². The fraction of sp³-hybridized carbons (Fsp3) is 0.200. The maximum absolute atomic E-state index is 13.1. The van der Waals surface area contributed by atoms with Gasteiger partial charge in [-0.2, -0.15) is 0 Å². The Labute approximate surface area is 124 Å². The molecule has 2 aromatic rings. The van der Waals surface area contributed by atoms with Gasteiger partial charge in [-0.25, -0.2) is 12.8 Å². The van der Waals surface area contributed by atoms with Gasteiger partial charge in [-0.3, -0.25) is 4.72 Å². The summed E-state index contributed by atoms with van der Waals surface area (Å²) in [7, 11) is -1.88. The zero-order valence-corrected chi connectivity index (χ0v) is 12.7. The molecule has 0 radical (unpaired) electrons. The molecule has 0 aliphatic rings. The van der Waals surface area contributed by atoms with Crippen LogP contribution in [0.2, 0.25) is 0 Å². The second-order valence-electron chi connectivity index (χ2n) is 4.74. The van der Waals surface area contributed by atoms with Crippen LogP contribution in [0.4, 0.5) is 10.1 Å². The lowest BCUT2D eigenvalue weighted by Crippen LogP contribution is -2.14. The molecule has 112 valence electrons. The molecular weight excluding hydrogens is 291 g/mol. The summed E-state index contributed by atoms with van der Waals surface area (Å²) in [5, 5.41) is 3.02. The topological polar surface area (TPSA) is 58.2 Å². The molecule has 0 unspecified atom stereocenters. The van der Waals surface area contributed by atoms with Crippen LogP contribution in [0.25, 0.3) is 0 Å². The van der Waals surface area contributed by atoms with Gasteiger partial charge in [-0.05, 0) is 55.4 Å². The van der Waals surface area contributed by atoms with Gasteiger partial charge in [0, 0.05) is 12.2 Å². The Morgan fingerprint density at radius 1 is 1.10 bits per heavy atom. The molecule has 0 amide bonds. The summed E-state index contributed by atoms with van der Waals surface area (Å²) in [5.41, 5.74) is 1.89. The molecule has 0 aliphatic heterocycles. The van der Waals surface area contributed by atoms with E-state index in [2.05, 4.69) is 10.0 Å². The smallest absolute Gasteiger partial charge is 0.262 e. The molecule has 21 heavy (non-hydrogen) atoms. The lowest BCUT2D eigenvalue weighted by Gasteiger charge is -2.11. The van der Waals surface area contributed by atoms with Crippen LogP contribution in [0.5, 0.6) is 0 Å². The average Bonchev–Trinajstić information content (AvgIpc) is 2.40. The Bertz CT molecular complexity index is 728. The number of hydrogen-bond donors (Lipinski definition) is 2. The highest BCUT2D eigenvalue weighted by atomic mass is 32.2. The van der Waals surface area contributed by atoms with Gasteiger partial charge < -0.3 is 5.32 Å². The lowest BCUT2D eigenvalue weighted by atomic mass is 10.2. The summed E-state index contributed by atoms with van der Waals surface area (Å²) < 4.78 is 40.1. The Kier molecular flexibility index (Phi) is 4.59. The van der Waals surface area contributed by atoms with Gasteiger partial charge in [0.2, 0.25) is 0 Å².